The molecular weight excluding hydrogens is 310 g/mol. The molecular formula is C13H20BrN3O2. The largest absolute Gasteiger partial charge is 0.465 e. The second kappa shape index (κ2) is 8.24. The van der Waals surface area contributed by atoms with Gasteiger partial charge in [-0.1, -0.05) is 0 Å². The number of likely N-dealkylation sites (N-methyl/N-ethyl adjacent to an activating group) is 1. The molecule has 0 saturated heterocycles. The average Bonchev–Trinajstić information content (AvgIpc) is 2.36. The third kappa shape index (κ3) is 5.67. The van der Waals surface area contributed by atoms with Gasteiger partial charge in [-0.25, -0.2) is 4.79 Å². The molecule has 0 aliphatic rings. The Bertz CT molecular complexity index is 395. The third-order valence-electron chi connectivity index (χ3n) is 2.48. The van der Waals surface area contributed by atoms with Crippen molar-refractivity contribution in [2.75, 3.05) is 33.8 Å². The van der Waals surface area contributed by atoms with Crippen molar-refractivity contribution in [1.29, 1.82) is 0 Å². The number of aromatic nitrogens is 1. The van der Waals surface area contributed by atoms with Crippen LogP contribution in [0.15, 0.2) is 22.8 Å². The van der Waals surface area contributed by atoms with E-state index < -0.39 is 6.04 Å². The van der Waals surface area contributed by atoms with Gasteiger partial charge < -0.3 is 9.64 Å². The fourth-order valence-electron chi connectivity index (χ4n) is 1.52. The highest BCUT2D eigenvalue weighted by molar-refractivity contribution is 9.10. The molecule has 0 fully saturated rings. The van der Waals surface area contributed by atoms with Crippen LogP contribution in [-0.2, 0) is 9.53 Å². The van der Waals surface area contributed by atoms with Crippen LogP contribution < -0.4 is 5.32 Å². The number of ether oxygens (including phenoxy) is 1. The van der Waals surface area contributed by atoms with E-state index >= 15 is 0 Å². The molecule has 1 N–H and O–H groups in total. The van der Waals surface area contributed by atoms with Gasteiger partial charge in [-0.05, 0) is 49.1 Å². The zero-order valence-electron chi connectivity index (χ0n) is 11.5. The van der Waals surface area contributed by atoms with Crippen LogP contribution in [0.2, 0.25) is 0 Å². The first-order valence-electron chi connectivity index (χ1n) is 6.20. The maximum absolute atomic E-state index is 12.0. The number of nitrogens with zero attached hydrogens (tertiary/aromatic N) is 2. The predicted octanol–water partition coefficient (Wildman–Crippen LogP) is 1.60. The lowest BCUT2D eigenvalue weighted by Gasteiger charge is -2.18. The van der Waals surface area contributed by atoms with Gasteiger partial charge in [-0.15, -0.1) is 0 Å². The molecule has 19 heavy (non-hydrogen) atoms. The van der Waals surface area contributed by atoms with Gasteiger partial charge in [0.25, 0.3) is 0 Å². The number of pyridine rings is 1. The van der Waals surface area contributed by atoms with Crippen molar-refractivity contribution in [3.63, 3.8) is 0 Å². The van der Waals surface area contributed by atoms with Crippen LogP contribution in [0.4, 0.5) is 0 Å². The summed E-state index contributed by atoms with van der Waals surface area (Å²) in [6, 6.07) is 3.16. The van der Waals surface area contributed by atoms with E-state index in [1.165, 1.54) is 0 Å². The molecule has 6 heteroatoms. The SMILES string of the molecule is CCOC(=O)C(NCCN(C)C)c1ccc(Br)cn1. The highest BCUT2D eigenvalue weighted by atomic mass is 79.9. The van der Waals surface area contributed by atoms with E-state index in [9.17, 15) is 4.79 Å². The summed E-state index contributed by atoms with van der Waals surface area (Å²) in [5.74, 6) is -0.295. The van der Waals surface area contributed by atoms with Gasteiger partial charge in [-0.2, -0.15) is 0 Å². The smallest absolute Gasteiger partial charge is 0.329 e. The van der Waals surface area contributed by atoms with Crippen LogP contribution in [0.1, 0.15) is 18.7 Å². The Morgan fingerprint density at radius 2 is 2.26 bits per heavy atom. The molecule has 1 rings (SSSR count). The first-order chi connectivity index (χ1) is 9.04. The summed E-state index contributed by atoms with van der Waals surface area (Å²) in [6.07, 6.45) is 1.68. The Balaban J connectivity index is 2.73. The van der Waals surface area contributed by atoms with E-state index in [2.05, 4.69) is 26.2 Å². The molecule has 1 aromatic heterocycles. The lowest BCUT2D eigenvalue weighted by Crippen LogP contribution is -2.35. The highest BCUT2D eigenvalue weighted by Gasteiger charge is 2.22. The molecule has 106 valence electrons. The number of hydrogen-bond acceptors (Lipinski definition) is 5. The van der Waals surface area contributed by atoms with E-state index in [1.54, 1.807) is 13.1 Å². The van der Waals surface area contributed by atoms with Gasteiger partial charge in [0, 0.05) is 23.8 Å². The van der Waals surface area contributed by atoms with Crippen molar-refractivity contribution in [1.82, 2.24) is 15.2 Å². The van der Waals surface area contributed by atoms with Crippen molar-refractivity contribution in [3.8, 4) is 0 Å². The number of esters is 1. The van der Waals surface area contributed by atoms with Gasteiger partial charge in [0.15, 0.2) is 0 Å². The molecule has 0 aliphatic carbocycles. The number of hydrogen-bond donors (Lipinski definition) is 1. The molecule has 1 heterocycles. The molecule has 1 aromatic rings. The first kappa shape index (κ1) is 16.1. The first-order valence-corrected chi connectivity index (χ1v) is 7.00. The van der Waals surface area contributed by atoms with E-state index in [0.717, 1.165) is 11.0 Å². The van der Waals surface area contributed by atoms with Crippen LogP contribution in [0.25, 0.3) is 0 Å². The fraction of sp³-hybridized carbons (Fsp3) is 0.538. The minimum atomic E-state index is -0.520. The maximum atomic E-state index is 12.0. The Morgan fingerprint density at radius 1 is 1.53 bits per heavy atom. The zero-order chi connectivity index (χ0) is 14.3. The van der Waals surface area contributed by atoms with Gasteiger partial charge in [-0.3, -0.25) is 10.3 Å². The van der Waals surface area contributed by atoms with Crippen LogP contribution in [0, 0.1) is 0 Å². The molecule has 0 radical (unpaired) electrons. The van der Waals surface area contributed by atoms with Gasteiger partial charge >= 0.3 is 5.97 Å². The van der Waals surface area contributed by atoms with Crippen molar-refractivity contribution >= 4 is 21.9 Å². The summed E-state index contributed by atoms with van der Waals surface area (Å²) >= 11 is 3.33. The Kier molecular flexibility index (Phi) is 6.97. The lowest BCUT2D eigenvalue weighted by molar-refractivity contribution is -0.146. The topological polar surface area (TPSA) is 54.5 Å². The van der Waals surface area contributed by atoms with Crippen LogP contribution in [0.5, 0.6) is 0 Å². The summed E-state index contributed by atoms with van der Waals surface area (Å²) in [5, 5.41) is 3.18. The summed E-state index contributed by atoms with van der Waals surface area (Å²) in [4.78, 5) is 18.3. The van der Waals surface area contributed by atoms with E-state index in [-0.39, 0.29) is 5.97 Å². The number of carbonyl (C=O) groups is 1. The third-order valence-corrected chi connectivity index (χ3v) is 2.94. The molecule has 0 aliphatic heterocycles. The number of halogens is 1. The Labute approximate surface area is 122 Å². The number of rotatable bonds is 7. The van der Waals surface area contributed by atoms with E-state index in [0.29, 0.717) is 18.8 Å². The van der Waals surface area contributed by atoms with Gasteiger partial charge in [0.1, 0.15) is 6.04 Å². The molecule has 1 unspecified atom stereocenters. The molecule has 0 aromatic carbocycles. The van der Waals surface area contributed by atoms with Crippen molar-refractivity contribution in [2.24, 2.45) is 0 Å². The summed E-state index contributed by atoms with van der Waals surface area (Å²) in [5.41, 5.74) is 0.667. The highest BCUT2D eigenvalue weighted by Crippen LogP contribution is 2.15. The zero-order valence-corrected chi connectivity index (χ0v) is 13.1. The van der Waals surface area contributed by atoms with Gasteiger partial charge in [0.05, 0.1) is 12.3 Å². The molecule has 0 bridgehead atoms. The van der Waals surface area contributed by atoms with Crippen molar-refractivity contribution in [2.45, 2.75) is 13.0 Å². The van der Waals surface area contributed by atoms with Crippen LogP contribution in [-0.4, -0.2) is 49.6 Å². The standard InChI is InChI=1S/C13H20BrN3O2/c1-4-19-13(18)12(15-7-8-17(2)3)11-6-5-10(14)9-16-11/h5-6,9,12,15H,4,7-8H2,1-3H3. The van der Waals surface area contributed by atoms with E-state index in [4.69, 9.17) is 4.74 Å². The maximum Gasteiger partial charge on any atom is 0.329 e. The molecule has 1 atom stereocenters. The summed E-state index contributed by atoms with van der Waals surface area (Å²) < 4.78 is 5.96. The molecule has 0 saturated carbocycles. The normalized spacial score (nSPS) is 12.5. The van der Waals surface area contributed by atoms with Crippen LogP contribution in [0.3, 0.4) is 0 Å². The second-order valence-electron chi connectivity index (χ2n) is 4.34. The van der Waals surface area contributed by atoms with Crippen molar-refractivity contribution < 1.29 is 9.53 Å². The minimum absolute atomic E-state index is 0.295. The average molecular weight is 330 g/mol. The van der Waals surface area contributed by atoms with E-state index in [1.807, 2.05) is 31.1 Å². The van der Waals surface area contributed by atoms with Gasteiger partial charge in [0.2, 0.25) is 0 Å². The minimum Gasteiger partial charge on any atom is -0.465 e. The predicted molar refractivity (Wildman–Crippen MR) is 77.9 cm³/mol. The summed E-state index contributed by atoms with van der Waals surface area (Å²) in [7, 11) is 3.97. The summed E-state index contributed by atoms with van der Waals surface area (Å²) in [6.45, 7) is 3.69. The molecule has 0 spiro atoms. The molecule has 0 amide bonds. The molecule has 5 nitrogen and oxygen atoms in total. The Morgan fingerprint density at radius 3 is 2.79 bits per heavy atom. The Hall–Kier alpha value is -0.980. The van der Waals surface area contributed by atoms with Crippen LogP contribution >= 0.6 is 15.9 Å². The quantitative estimate of drug-likeness (QED) is 0.770. The monoisotopic (exact) mass is 329 g/mol. The number of nitrogens with one attached hydrogen (secondary N) is 1. The second-order valence-corrected chi connectivity index (χ2v) is 5.26. The lowest BCUT2D eigenvalue weighted by atomic mass is 10.2. The number of carbonyl (C=O) groups excluding carboxylic acids is 1. The van der Waals surface area contributed by atoms with Crippen molar-refractivity contribution in [3.05, 3.63) is 28.5 Å². The fourth-order valence-corrected chi connectivity index (χ4v) is 1.76.